The van der Waals surface area contributed by atoms with Crippen LogP contribution >= 0.6 is 11.8 Å². The SMILES string of the molecule is Cc1cc(OCCSc2nnc(-c3ccco3)n2C)ccc1C(C)C. The summed E-state index contributed by atoms with van der Waals surface area (Å²) in [4.78, 5) is 0. The van der Waals surface area contributed by atoms with Gasteiger partial charge in [-0.1, -0.05) is 31.7 Å². The van der Waals surface area contributed by atoms with Crippen molar-refractivity contribution in [3.63, 3.8) is 0 Å². The van der Waals surface area contributed by atoms with Gasteiger partial charge in [0.1, 0.15) is 5.75 Å². The van der Waals surface area contributed by atoms with Gasteiger partial charge in [0.05, 0.1) is 12.9 Å². The van der Waals surface area contributed by atoms with E-state index in [1.165, 1.54) is 11.1 Å². The molecule has 0 spiro atoms. The number of aromatic nitrogens is 3. The fraction of sp³-hybridized carbons (Fsp3) is 0.368. The Morgan fingerprint density at radius 2 is 2.08 bits per heavy atom. The fourth-order valence-electron chi connectivity index (χ4n) is 2.74. The quantitative estimate of drug-likeness (QED) is 0.454. The fourth-order valence-corrected chi connectivity index (χ4v) is 3.47. The minimum Gasteiger partial charge on any atom is -0.493 e. The Morgan fingerprint density at radius 3 is 2.76 bits per heavy atom. The Labute approximate surface area is 152 Å². The van der Waals surface area contributed by atoms with Gasteiger partial charge in [-0.3, -0.25) is 0 Å². The van der Waals surface area contributed by atoms with Gasteiger partial charge in [-0.15, -0.1) is 10.2 Å². The zero-order valence-electron chi connectivity index (χ0n) is 15.0. The molecule has 5 nitrogen and oxygen atoms in total. The molecule has 6 heteroatoms. The zero-order chi connectivity index (χ0) is 17.8. The predicted molar refractivity (Wildman–Crippen MR) is 100 cm³/mol. The molecule has 0 radical (unpaired) electrons. The van der Waals surface area contributed by atoms with Crippen molar-refractivity contribution < 1.29 is 9.15 Å². The maximum absolute atomic E-state index is 5.87. The van der Waals surface area contributed by atoms with E-state index >= 15 is 0 Å². The molecule has 0 aliphatic heterocycles. The van der Waals surface area contributed by atoms with E-state index in [0.29, 0.717) is 12.5 Å². The highest BCUT2D eigenvalue weighted by Gasteiger charge is 2.13. The first-order chi connectivity index (χ1) is 12.1. The third-order valence-electron chi connectivity index (χ3n) is 4.02. The van der Waals surface area contributed by atoms with Crippen molar-refractivity contribution in [1.82, 2.24) is 14.8 Å². The summed E-state index contributed by atoms with van der Waals surface area (Å²) in [6.07, 6.45) is 1.64. The summed E-state index contributed by atoms with van der Waals surface area (Å²) in [6, 6.07) is 10.0. The molecular weight excluding hydrogens is 334 g/mol. The molecule has 0 bridgehead atoms. The van der Waals surface area contributed by atoms with Crippen molar-refractivity contribution in [2.45, 2.75) is 31.8 Å². The van der Waals surface area contributed by atoms with Crippen LogP contribution in [0.1, 0.15) is 30.9 Å². The van der Waals surface area contributed by atoms with E-state index in [4.69, 9.17) is 9.15 Å². The molecular formula is C19H23N3O2S. The molecule has 3 rings (SSSR count). The lowest BCUT2D eigenvalue weighted by Crippen LogP contribution is -2.03. The summed E-state index contributed by atoms with van der Waals surface area (Å²) < 4.78 is 13.2. The minimum atomic E-state index is 0.531. The van der Waals surface area contributed by atoms with Crippen molar-refractivity contribution in [3.8, 4) is 17.3 Å². The number of nitrogens with zero attached hydrogens (tertiary/aromatic N) is 3. The highest BCUT2D eigenvalue weighted by atomic mass is 32.2. The highest BCUT2D eigenvalue weighted by molar-refractivity contribution is 7.99. The second-order valence-corrected chi connectivity index (χ2v) is 7.27. The lowest BCUT2D eigenvalue weighted by Gasteiger charge is -2.12. The van der Waals surface area contributed by atoms with Crippen LogP contribution in [0.3, 0.4) is 0 Å². The summed E-state index contributed by atoms with van der Waals surface area (Å²) in [5, 5.41) is 9.26. The van der Waals surface area contributed by atoms with Gasteiger partial charge in [-0.25, -0.2) is 0 Å². The second kappa shape index (κ2) is 7.78. The summed E-state index contributed by atoms with van der Waals surface area (Å²) in [6.45, 7) is 7.16. The van der Waals surface area contributed by atoms with Crippen LogP contribution in [0.5, 0.6) is 5.75 Å². The molecule has 1 aromatic carbocycles. The normalized spacial score (nSPS) is 11.2. The number of benzene rings is 1. The van der Waals surface area contributed by atoms with Crippen LogP contribution in [-0.2, 0) is 7.05 Å². The number of thioether (sulfide) groups is 1. The van der Waals surface area contributed by atoms with Crippen LogP contribution in [0.4, 0.5) is 0 Å². The van der Waals surface area contributed by atoms with Crippen LogP contribution in [0, 0.1) is 6.92 Å². The zero-order valence-corrected chi connectivity index (χ0v) is 15.8. The minimum absolute atomic E-state index is 0.531. The van der Waals surface area contributed by atoms with E-state index in [-0.39, 0.29) is 0 Å². The first-order valence-electron chi connectivity index (χ1n) is 8.35. The summed E-state index contributed by atoms with van der Waals surface area (Å²) in [7, 11) is 1.94. The standard InChI is InChI=1S/C19H23N3O2S/c1-13(2)16-8-7-15(12-14(16)3)23-10-11-25-19-21-20-18(22(19)4)17-6-5-9-24-17/h5-9,12-13H,10-11H2,1-4H3. The Hall–Kier alpha value is -2.21. The molecule has 2 heterocycles. The maximum Gasteiger partial charge on any atom is 0.200 e. The average Bonchev–Trinajstić information content (AvgIpc) is 3.21. The molecule has 0 aliphatic rings. The Balaban J connectivity index is 1.53. The molecule has 0 atom stereocenters. The Bertz CT molecular complexity index is 825. The number of hydrogen-bond acceptors (Lipinski definition) is 5. The molecule has 0 aliphatic carbocycles. The lowest BCUT2D eigenvalue weighted by molar-refractivity contribution is 0.343. The monoisotopic (exact) mass is 357 g/mol. The van der Waals surface area contributed by atoms with Crippen LogP contribution < -0.4 is 4.74 Å². The number of furan rings is 1. The third kappa shape index (κ3) is 4.07. The molecule has 0 N–H and O–H groups in total. The molecule has 0 saturated heterocycles. The molecule has 2 aromatic heterocycles. The van der Waals surface area contributed by atoms with Gasteiger partial charge in [0.2, 0.25) is 0 Å². The van der Waals surface area contributed by atoms with Gasteiger partial charge in [0.15, 0.2) is 16.7 Å². The van der Waals surface area contributed by atoms with Crippen molar-refractivity contribution in [2.24, 2.45) is 7.05 Å². The first kappa shape index (κ1) is 17.6. The molecule has 0 fully saturated rings. The predicted octanol–water partition coefficient (Wildman–Crippen LogP) is 4.68. The molecule has 25 heavy (non-hydrogen) atoms. The Morgan fingerprint density at radius 1 is 1.24 bits per heavy atom. The summed E-state index contributed by atoms with van der Waals surface area (Å²) >= 11 is 1.62. The number of aryl methyl sites for hydroxylation is 1. The van der Waals surface area contributed by atoms with Gasteiger partial charge < -0.3 is 13.7 Å². The van der Waals surface area contributed by atoms with Gasteiger partial charge in [0.25, 0.3) is 0 Å². The van der Waals surface area contributed by atoms with Crippen LogP contribution in [-0.4, -0.2) is 27.1 Å². The van der Waals surface area contributed by atoms with Gasteiger partial charge in [0, 0.05) is 12.8 Å². The summed E-state index contributed by atoms with van der Waals surface area (Å²) in [5.74, 6) is 3.70. The van der Waals surface area contributed by atoms with Gasteiger partial charge >= 0.3 is 0 Å². The van der Waals surface area contributed by atoms with E-state index in [1.54, 1.807) is 18.0 Å². The molecule has 0 amide bonds. The molecule has 132 valence electrons. The molecule has 3 aromatic rings. The summed E-state index contributed by atoms with van der Waals surface area (Å²) in [5.41, 5.74) is 2.64. The van der Waals surface area contributed by atoms with E-state index in [1.807, 2.05) is 29.8 Å². The van der Waals surface area contributed by atoms with Crippen molar-refractivity contribution in [1.29, 1.82) is 0 Å². The largest absolute Gasteiger partial charge is 0.493 e. The van der Waals surface area contributed by atoms with E-state index < -0.39 is 0 Å². The van der Waals surface area contributed by atoms with Crippen LogP contribution in [0.2, 0.25) is 0 Å². The first-order valence-corrected chi connectivity index (χ1v) is 9.34. The number of rotatable bonds is 7. The number of ether oxygens (including phenoxy) is 1. The average molecular weight is 357 g/mol. The second-order valence-electron chi connectivity index (χ2n) is 6.21. The molecule has 0 saturated carbocycles. The van der Waals surface area contributed by atoms with Gasteiger partial charge in [-0.2, -0.15) is 0 Å². The van der Waals surface area contributed by atoms with E-state index in [0.717, 1.165) is 28.2 Å². The van der Waals surface area contributed by atoms with Crippen LogP contribution in [0.15, 0.2) is 46.2 Å². The Kier molecular flexibility index (Phi) is 5.48. The number of hydrogen-bond donors (Lipinski definition) is 0. The third-order valence-corrected chi connectivity index (χ3v) is 5.01. The van der Waals surface area contributed by atoms with Crippen molar-refractivity contribution in [2.75, 3.05) is 12.4 Å². The van der Waals surface area contributed by atoms with Gasteiger partial charge in [-0.05, 0) is 48.2 Å². The lowest BCUT2D eigenvalue weighted by atomic mass is 9.98. The topological polar surface area (TPSA) is 53.1 Å². The smallest absolute Gasteiger partial charge is 0.200 e. The molecule has 0 unspecified atom stereocenters. The van der Waals surface area contributed by atoms with Crippen LogP contribution in [0.25, 0.3) is 11.6 Å². The van der Waals surface area contributed by atoms with E-state index in [9.17, 15) is 0 Å². The maximum atomic E-state index is 5.87. The van der Waals surface area contributed by atoms with Crippen molar-refractivity contribution >= 4 is 11.8 Å². The highest BCUT2D eigenvalue weighted by Crippen LogP contribution is 2.25. The van der Waals surface area contributed by atoms with E-state index in [2.05, 4.69) is 43.1 Å². The van der Waals surface area contributed by atoms with Crippen molar-refractivity contribution in [3.05, 3.63) is 47.7 Å².